The molecule has 0 amide bonds. The summed E-state index contributed by atoms with van der Waals surface area (Å²) in [5.41, 5.74) is 2.01. The average Bonchev–Trinajstić information content (AvgIpc) is 2.41. The molecule has 0 aliphatic carbocycles. The molecule has 0 fully saturated rings. The maximum atomic E-state index is 5.54. The third-order valence-electron chi connectivity index (χ3n) is 2.38. The van der Waals surface area contributed by atoms with Crippen LogP contribution in [-0.4, -0.2) is 11.6 Å². The Balaban J connectivity index is 2.04. The average molecular weight is 307 g/mol. The summed E-state index contributed by atoms with van der Waals surface area (Å²) in [4.78, 5) is 4.03. The summed E-state index contributed by atoms with van der Waals surface area (Å²) in [6, 6.07) is 9.85. The van der Waals surface area contributed by atoms with Crippen molar-refractivity contribution in [2.75, 3.05) is 11.9 Å². The van der Waals surface area contributed by atoms with Gasteiger partial charge in [-0.1, -0.05) is 6.92 Å². The highest BCUT2D eigenvalue weighted by molar-refractivity contribution is 9.10. The lowest BCUT2D eigenvalue weighted by Crippen LogP contribution is -1.95. The number of anilines is 2. The van der Waals surface area contributed by atoms with Crippen molar-refractivity contribution in [3.63, 3.8) is 0 Å². The minimum atomic E-state index is 0.753. The van der Waals surface area contributed by atoms with Crippen molar-refractivity contribution in [3.05, 3.63) is 47.2 Å². The quantitative estimate of drug-likeness (QED) is 0.890. The molecule has 0 radical (unpaired) electrons. The number of benzene rings is 1. The van der Waals surface area contributed by atoms with Gasteiger partial charge in [0.15, 0.2) is 0 Å². The van der Waals surface area contributed by atoms with Crippen LogP contribution in [0.5, 0.6) is 5.75 Å². The number of halogens is 1. The summed E-state index contributed by atoms with van der Waals surface area (Å²) in [6.07, 6.45) is 4.54. The molecule has 0 unspecified atom stereocenters. The van der Waals surface area contributed by atoms with Crippen molar-refractivity contribution < 1.29 is 4.74 Å². The highest BCUT2D eigenvalue weighted by atomic mass is 79.9. The third kappa shape index (κ3) is 3.47. The van der Waals surface area contributed by atoms with Gasteiger partial charge in [0.2, 0.25) is 0 Å². The molecule has 2 aromatic rings. The minimum absolute atomic E-state index is 0.753. The predicted octanol–water partition coefficient (Wildman–Crippen LogP) is 4.38. The zero-order valence-corrected chi connectivity index (χ0v) is 11.8. The van der Waals surface area contributed by atoms with Crippen molar-refractivity contribution >= 4 is 27.3 Å². The van der Waals surface area contributed by atoms with Crippen LogP contribution in [0.1, 0.15) is 13.3 Å². The largest absolute Gasteiger partial charge is 0.494 e. The molecule has 0 spiro atoms. The van der Waals surface area contributed by atoms with Crippen LogP contribution in [0.15, 0.2) is 47.2 Å². The Morgan fingerprint density at radius 1 is 1.22 bits per heavy atom. The van der Waals surface area contributed by atoms with Crippen molar-refractivity contribution in [2.45, 2.75) is 13.3 Å². The molecule has 0 bridgehead atoms. The lowest BCUT2D eigenvalue weighted by atomic mass is 10.3. The molecule has 0 aliphatic rings. The van der Waals surface area contributed by atoms with Gasteiger partial charge in [0.1, 0.15) is 5.75 Å². The lowest BCUT2D eigenvalue weighted by molar-refractivity contribution is 0.317. The number of aromatic nitrogens is 1. The van der Waals surface area contributed by atoms with Crippen molar-refractivity contribution in [3.8, 4) is 5.75 Å². The molecule has 1 aromatic carbocycles. The summed E-state index contributed by atoms with van der Waals surface area (Å²) < 4.78 is 6.48. The van der Waals surface area contributed by atoms with E-state index >= 15 is 0 Å². The molecule has 3 nitrogen and oxygen atoms in total. The van der Waals surface area contributed by atoms with Crippen molar-refractivity contribution in [2.24, 2.45) is 0 Å². The predicted molar refractivity (Wildman–Crippen MR) is 77.4 cm³/mol. The molecule has 1 heterocycles. The molecule has 1 aromatic heterocycles. The maximum absolute atomic E-state index is 5.54. The second-order valence-electron chi connectivity index (χ2n) is 3.85. The highest BCUT2D eigenvalue weighted by Gasteiger charge is 2.00. The Bertz CT molecular complexity index is 499. The second kappa shape index (κ2) is 6.40. The van der Waals surface area contributed by atoms with Gasteiger partial charge in [-0.05, 0) is 52.7 Å². The minimum Gasteiger partial charge on any atom is -0.494 e. The molecule has 1 N–H and O–H groups in total. The van der Waals surface area contributed by atoms with E-state index in [4.69, 9.17) is 4.74 Å². The fraction of sp³-hybridized carbons (Fsp3) is 0.214. The fourth-order valence-electron chi connectivity index (χ4n) is 1.49. The number of hydrogen-bond acceptors (Lipinski definition) is 3. The van der Waals surface area contributed by atoms with Crippen molar-refractivity contribution in [1.29, 1.82) is 0 Å². The molecular formula is C14H15BrN2O. The van der Waals surface area contributed by atoms with E-state index < -0.39 is 0 Å². The van der Waals surface area contributed by atoms with Crippen LogP contribution >= 0.6 is 15.9 Å². The summed E-state index contributed by atoms with van der Waals surface area (Å²) >= 11 is 3.45. The number of hydrogen-bond donors (Lipinski definition) is 1. The molecule has 0 aliphatic heterocycles. The van der Waals surface area contributed by atoms with Gasteiger partial charge in [0, 0.05) is 18.1 Å². The molecule has 4 heteroatoms. The summed E-state index contributed by atoms with van der Waals surface area (Å²) in [5.74, 6) is 0.899. The maximum Gasteiger partial charge on any atom is 0.119 e. The van der Waals surface area contributed by atoms with Gasteiger partial charge in [-0.25, -0.2) is 0 Å². The van der Waals surface area contributed by atoms with Crippen LogP contribution in [0.2, 0.25) is 0 Å². The Kier molecular flexibility index (Phi) is 4.59. The number of ether oxygens (including phenoxy) is 1. The van der Waals surface area contributed by atoms with E-state index in [2.05, 4.69) is 33.2 Å². The standard InChI is InChI=1S/C14H15BrN2O/c1-2-9-18-12-5-3-11(4-6-12)17-14-7-8-16-10-13(14)15/h3-8,10H,2,9H2,1H3,(H,16,17). The summed E-state index contributed by atoms with van der Waals surface area (Å²) in [5, 5.41) is 3.31. The van der Waals surface area contributed by atoms with Gasteiger partial charge in [-0.2, -0.15) is 0 Å². The monoisotopic (exact) mass is 306 g/mol. The first kappa shape index (κ1) is 12.9. The van der Waals surface area contributed by atoms with Crippen molar-refractivity contribution in [1.82, 2.24) is 4.98 Å². The van der Waals surface area contributed by atoms with Gasteiger partial charge >= 0.3 is 0 Å². The first-order valence-electron chi connectivity index (χ1n) is 5.89. The molecule has 94 valence electrons. The summed E-state index contributed by atoms with van der Waals surface area (Å²) in [6.45, 7) is 2.85. The molecule has 0 saturated carbocycles. The highest BCUT2D eigenvalue weighted by Crippen LogP contribution is 2.25. The normalized spacial score (nSPS) is 10.1. The van der Waals surface area contributed by atoms with Crippen LogP contribution < -0.4 is 10.1 Å². The third-order valence-corrected chi connectivity index (χ3v) is 3.01. The van der Waals surface area contributed by atoms with Crippen LogP contribution in [0, 0.1) is 0 Å². The van der Waals surface area contributed by atoms with E-state index in [-0.39, 0.29) is 0 Å². The zero-order valence-electron chi connectivity index (χ0n) is 10.2. The number of pyridine rings is 1. The van der Waals surface area contributed by atoms with Crippen LogP contribution in [0.25, 0.3) is 0 Å². The topological polar surface area (TPSA) is 34.1 Å². The smallest absolute Gasteiger partial charge is 0.119 e. The van der Waals surface area contributed by atoms with Crippen LogP contribution in [-0.2, 0) is 0 Å². The Morgan fingerprint density at radius 3 is 2.67 bits per heavy atom. The second-order valence-corrected chi connectivity index (χ2v) is 4.71. The van der Waals surface area contributed by atoms with E-state index in [9.17, 15) is 0 Å². The first-order chi connectivity index (χ1) is 8.79. The number of nitrogens with zero attached hydrogens (tertiary/aromatic N) is 1. The van der Waals surface area contributed by atoms with Gasteiger partial charge in [0.05, 0.1) is 16.8 Å². The van der Waals surface area contributed by atoms with Gasteiger partial charge < -0.3 is 10.1 Å². The van der Waals surface area contributed by atoms with E-state index in [1.54, 1.807) is 12.4 Å². The molecule has 0 atom stereocenters. The van der Waals surface area contributed by atoms with Gasteiger partial charge in [0.25, 0.3) is 0 Å². The Labute approximate surface area is 115 Å². The lowest BCUT2D eigenvalue weighted by Gasteiger charge is -2.09. The van der Waals surface area contributed by atoms with E-state index in [0.717, 1.165) is 34.6 Å². The Hall–Kier alpha value is -1.55. The Morgan fingerprint density at radius 2 is 2.00 bits per heavy atom. The van der Waals surface area contributed by atoms with Gasteiger partial charge in [-0.3, -0.25) is 4.98 Å². The molecule has 0 saturated heterocycles. The molecule has 18 heavy (non-hydrogen) atoms. The first-order valence-corrected chi connectivity index (χ1v) is 6.68. The fourth-order valence-corrected chi connectivity index (χ4v) is 1.84. The molecule has 2 rings (SSSR count). The van der Waals surface area contributed by atoms with Gasteiger partial charge in [-0.15, -0.1) is 0 Å². The summed E-state index contributed by atoms with van der Waals surface area (Å²) in [7, 11) is 0. The van der Waals surface area contributed by atoms with Crippen LogP contribution in [0.4, 0.5) is 11.4 Å². The molecular weight excluding hydrogens is 292 g/mol. The number of nitrogens with one attached hydrogen (secondary N) is 1. The van der Waals surface area contributed by atoms with E-state index in [0.29, 0.717) is 0 Å². The zero-order chi connectivity index (χ0) is 12.8. The SMILES string of the molecule is CCCOc1ccc(Nc2ccncc2Br)cc1. The van der Waals surface area contributed by atoms with E-state index in [1.807, 2.05) is 30.3 Å². The van der Waals surface area contributed by atoms with Crippen LogP contribution in [0.3, 0.4) is 0 Å². The van der Waals surface area contributed by atoms with E-state index in [1.165, 1.54) is 0 Å². The number of rotatable bonds is 5.